The molecule has 3 nitrogen and oxygen atoms in total. The van der Waals surface area contributed by atoms with Crippen molar-refractivity contribution in [3.8, 4) is 0 Å². The Balaban J connectivity index is 2.55. The number of aliphatic hydroxyl groups excluding tert-OH is 1. The number of rotatable bonds is 10. The smallest absolute Gasteiger partial charge is 0.0916 e. The van der Waals surface area contributed by atoms with Crippen molar-refractivity contribution in [3.63, 3.8) is 0 Å². The zero-order valence-corrected chi connectivity index (χ0v) is 13.0. The van der Waals surface area contributed by atoms with E-state index in [-0.39, 0.29) is 0 Å². The zero-order chi connectivity index (χ0) is 14.8. The lowest BCUT2D eigenvalue weighted by atomic mass is 10.1. The van der Waals surface area contributed by atoms with Crippen LogP contribution in [0.3, 0.4) is 0 Å². The van der Waals surface area contributed by atoms with Crippen LogP contribution < -0.4 is 5.73 Å². The van der Waals surface area contributed by atoms with Crippen molar-refractivity contribution < 1.29 is 5.11 Å². The molecule has 0 amide bonds. The molecule has 1 aromatic carbocycles. The lowest BCUT2D eigenvalue weighted by Crippen LogP contribution is -2.30. The van der Waals surface area contributed by atoms with Gasteiger partial charge in [0.15, 0.2) is 0 Å². The summed E-state index contributed by atoms with van der Waals surface area (Å²) in [6.45, 7) is 7.85. The molecule has 0 aliphatic rings. The Kier molecular flexibility index (Phi) is 8.51. The van der Waals surface area contributed by atoms with Gasteiger partial charge in [-0.1, -0.05) is 51.0 Å². The summed E-state index contributed by atoms with van der Waals surface area (Å²) in [4.78, 5) is 2.38. The molecule has 114 valence electrons. The van der Waals surface area contributed by atoms with Gasteiger partial charge in [0.05, 0.1) is 6.10 Å². The number of nitrogens with zero attached hydrogens (tertiary/aromatic N) is 1. The third-order valence-corrected chi connectivity index (χ3v) is 3.69. The summed E-state index contributed by atoms with van der Waals surface area (Å²) in [6, 6.07) is 7.98. The molecule has 0 spiro atoms. The molecule has 0 aliphatic heterocycles. The summed E-state index contributed by atoms with van der Waals surface area (Å²) in [7, 11) is 0. The molecule has 1 rings (SSSR count). The first-order valence-corrected chi connectivity index (χ1v) is 7.90. The van der Waals surface area contributed by atoms with Crippen molar-refractivity contribution in [2.75, 3.05) is 19.6 Å². The lowest BCUT2D eigenvalue weighted by molar-refractivity contribution is 0.111. The van der Waals surface area contributed by atoms with E-state index >= 15 is 0 Å². The van der Waals surface area contributed by atoms with Crippen LogP contribution in [0.25, 0.3) is 0 Å². The topological polar surface area (TPSA) is 49.5 Å². The third kappa shape index (κ3) is 6.04. The van der Waals surface area contributed by atoms with Crippen molar-refractivity contribution in [3.05, 3.63) is 35.4 Å². The predicted octanol–water partition coefficient (Wildman–Crippen LogP) is 3.08. The average Bonchev–Trinajstić information content (AvgIpc) is 2.49. The fraction of sp³-hybridized carbons (Fsp3) is 0.647. The van der Waals surface area contributed by atoms with Crippen molar-refractivity contribution in [1.29, 1.82) is 0 Å². The van der Waals surface area contributed by atoms with Gasteiger partial charge in [-0.05, 0) is 37.1 Å². The number of nitrogens with two attached hydrogens (primary N) is 1. The predicted molar refractivity (Wildman–Crippen MR) is 85.5 cm³/mol. The Morgan fingerprint density at radius 2 is 1.60 bits per heavy atom. The van der Waals surface area contributed by atoms with Crippen molar-refractivity contribution in [2.24, 2.45) is 5.73 Å². The second-order valence-corrected chi connectivity index (χ2v) is 5.47. The fourth-order valence-corrected chi connectivity index (χ4v) is 2.28. The van der Waals surface area contributed by atoms with E-state index in [2.05, 4.69) is 18.7 Å². The maximum atomic E-state index is 10.4. The molecule has 0 aliphatic carbocycles. The molecule has 3 heteroatoms. The number of hydrogen-bond acceptors (Lipinski definition) is 3. The van der Waals surface area contributed by atoms with E-state index in [1.165, 1.54) is 25.7 Å². The summed E-state index contributed by atoms with van der Waals surface area (Å²) < 4.78 is 0. The minimum Gasteiger partial charge on any atom is -0.387 e. The molecule has 0 bridgehead atoms. The fourth-order valence-electron chi connectivity index (χ4n) is 2.28. The van der Waals surface area contributed by atoms with Crippen molar-refractivity contribution in [1.82, 2.24) is 4.90 Å². The Bertz CT molecular complexity index is 343. The van der Waals surface area contributed by atoms with Gasteiger partial charge in [0.25, 0.3) is 0 Å². The van der Waals surface area contributed by atoms with Crippen LogP contribution in [0, 0.1) is 0 Å². The Hall–Kier alpha value is -0.900. The van der Waals surface area contributed by atoms with Gasteiger partial charge < -0.3 is 15.7 Å². The van der Waals surface area contributed by atoms with E-state index < -0.39 is 6.10 Å². The molecule has 0 saturated heterocycles. The summed E-state index contributed by atoms with van der Waals surface area (Å²) >= 11 is 0. The van der Waals surface area contributed by atoms with Crippen LogP contribution in [0.2, 0.25) is 0 Å². The van der Waals surface area contributed by atoms with E-state index in [1.807, 2.05) is 24.3 Å². The standard InChI is InChI=1S/C17H30N2O/c1-3-5-11-19(12-6-4-2)14-17(20)16-9-7-15(13-18)8-10-16/h7-10,17,20H,3-6,11-14,18H2,1-2H3. The summed E-state index contributed by atoms with van der Waals surface area (Å²) in [6.07, 6.45) is 4.38. The average molecular weight is 278 g/mol. The number of hydrogen-bond donors (Lipinski definition) is 2. The molecule has 0 fully saturated rings. The van der Waals surface area contributed by atoms with Gasteiger partial charge in [-0.3, -0.25) is 0 Å². The lowest BCUT2D eigenvalue weighted by Gasteiger charge is -2.25. The monoisotopic (exact) mass is 278 g/mol. The molecule has 1 aromatic rings. The van der Waals surface area contributed by atoms with Gasteiger partial charge in [0, 0.05) is 13.1 Å². The number of aliphatic hydroxyl groups is 1. The van der Waals surface area contributed by atoms with E-state index in [0.717, 1.165) is 30.8 Å². The van der Waals surface area contributed by atoms with E-state index in [1.54, 1.807) is 0 Å². The van der Waals surface area contributed by atoms with Crippen LogP contribution in [0.1, 0.15) is 56.8 Å². The second kappa shape index (κ2) is 9.92. The van der Waals surface area contributed by atoms with Gasteiger partial charge in [-0.2, -0.15) is 0 Å². The number of benzene rings is 1. The highest BCUT2D eigenvalue weighted by atomic mass is 16.3. The van der Waals surface area contributed by atoms with Crippen molar-refractivity contribution in [2.45, 2.75) is 52.2 Å². The molecule has 1 atom stereocenters. The van der Waals surface area contributed by atoms with Gasteiger partial charge in [-0.15, -0.1) is 0 Å². The Morgan fingerprint density at radius 3 is 2.05 bits per heavy atom. The van der Waals surface area contributed by atoms with Gasteiger partial charge >= 0.3 is 0 Å². The molecular formula is C17H30N2O. The minimum atomic E-state index is -0.407. The minimum absolute atomic E-state index is 0.407. The van der Waals surface area contributed by atoms with Crippen LogP contribution >= 0.6 is 0 Å². The van der Waals surface area contributed by atoms with Crippen molar-refractivity contribution >= 4 is 0 Å². The van der Waals surface area contributed by atoms with Crippen LogP contribution in [-0.4, -0.2) is 29.6 Å². The molecule has 0 aromatic heterocycles. The number of unbranched alkanes of at least 4 members (excludes halogenated alkanes) is 2. The molecule has 20 heavy (non-hydrogen) atoms. The first kappa shape index (κ1) is 17.2. The maximum absolute atomic E-state index is 10.4. The molecule has 3 N–H and O–H groups in total. The van der Waals surface area contributed by atoms with Crippen LogP contribution in [0.5, 0.6) is 0 Å². The normalized spacial score (nSPS) is 12.8. The first-order valence-electron chi connectivity index (χ1n) is 7.90. The molecule has 0 saturated carbocycles. The molecule has 1 unspecified atom stereocenters. The highest BCUT2D eigenvalue weighted by molar-refractivity contribution is 5.24. The maximum Gasteiger partial charge on any atom is 0.0916 e. The van der Waals surface area contributed by atoms with E-state index in [0.29, 0.717) is 6.54 Å². The molecular weight excluding hydrogens is 248 g/mol. The summed E-state index contributed by atoms with van der Waals surface area (Å²) in [5.41, 5.74) is 7.69. The second-order valence-electron chi connectivity index (χ2n) is 5.47. The highest BCUT2D eigenvalue weighted by Crippen LogP contribution is 2.16. The first-order chi connectivity index (χ1) is 9.71. The Labute approximate surface area is 123 Å². The van der Waals surface area contributed by atoms with Crippen LogP contribution in [-0.2, 0) is 6.54 Å². The Morgan fingerprint density at radius 1 is 1.05 bits per heavy atom. The van der Waals surface area contributed by atoms with E-state index in [9.17, 15) is 5.11 Å². The van der Waals surface area contributed by atoms with E-state index in [4.69, 9.17) is 5.73 Å². The molecule has 0 heterocycles. The van der Waals surface area contributed by atoms with Gasteiger partial charge in [0.2, 0.25) is 0 Å². The SMILES string of the molecule is CCCCN(CCCC)CC(O)c1ccc(CN)cc1. The highest BCUT2D eigenvalue weighted by Gasteiger charge is 2.13. The molecule has 0 radical (unpaired) electrons. The quantitative estimate of drug-likeness (QED) is 0.691. The van der Waals surface area contributed by atoms with Gasteiger partial charge in [-0.25, -0.2) is 0 Å². The zero-order valence-electron chi connectivity index (χ0n) is 13.0. The van der Waals surface area contributed by atoms with Crippen LogP contribution in [0.15, 0.2) is 24.3 Å². The third-order valence-electron chi connectivity index (χ3n) is 3.69. The largest absolute Gasteiger partial charge is 0.387 e. The van der Waals surface area contributed by atoms with Crippen LogP contribution in [0.4, 0.5) is 0 Å². The summed E-state index contributed by atoms with van der Waals surface area (Å²) in [5.74, 6) is 0. The van der Waals surface area contributed by atoms with Gasteiger partial charge in [0.1, 0.15) is 0 Å². The summed E-state index contributed by atoms with van der Waals surface area (Å²) in [5, 5.41) is 10.4.